The quantitative estimate of drug-likeness (QED) is 0.561. The third kappa shape index (κ3) is 6.89. The molecule has 1 amide bonds. The highest BCUT2D eigenvalue weighted by atomic mass is 16.5. The maximum Gasteiger partial charge on any atom is 0.328 e. The summed E-state index contributed by atoms with van der Waals surface area (Å²) in [6.45, 7) is 0. The maximum atomic E-state index is 12.0. The predicted molar refractivity (Wildman–Crippen MR) is 82.8 cm³/mol. The normalized spacial score (nSPS) is 11.3. The number of aryl methyl sites for hydroxylation is 1. The highest BCUT2D eigenvalue weighted by Crippen LogP contribution is 2.07. The number of hydrogen-bond donors (Lipinski definition) is 1. The van der Waals surface area contributed by atoms with Gasteiger partial charge in [-0.3, -0.25) is 4.79 Å². The molecular weight excluding hydrogens is 280 g/mol. The molecule has 0 bridgehead atoms. The third-order valence-electron chi connectivity index (χ3n) is 3.34. The molecular formula is C17H22N2O3. The molecule has 0 unspecified atom stereocenters. The van der Waals surface area contributed by atoms with E-state index in [1.54, 1.807) is 0 Å². The summed E-state index contributed by atoms with van der Waals surface area (Å²) in [6, 6.07) is 11.1. The first-order valence-electron chi connectivity index (χ1n) is 7.45. The number of carbonyl (C=O) groups excluding carboxylic acids is 2. The molecule has 1 rings (SSSR count). The first-order valence-corrected chi connectivity index (χ1v) is 7.45. The summed E-state index contributed by atoms with van der Waals surface area (Å²) in [5.74, 6) is -0.607. The number of benzene rings is 1. The van der Waals surface area contributed by atoms with E-state index in [2.05, 4.69) is 11.4 Å². The summed E-state index contributed by atoms with van der Waals surface area (Å²) < 4.78 is 4.71. The van der Waals surface area contributed by atoms with Crippen LogP contribution in [0.15, 0.2) is 30.3 Å². The van der Waals surface area contributed by atoms with Crippen LogP contribution in [0.2, 0.25) is 0 Å². The van der Waals surface area contributed by atoms with Gasteiger partial charge in [0.2, 0.25) is 5.91 Å². The molecule has 5 heteroatoms. The van der Waals surface area contributed by atoms with Crippen molar-refractivity contribution in [3.8, 4) is 6.07 Å². The molecule has 0 aliphatic rings. The second-order valence-electron chi connectivity index (χ2n) is 5.03. The summed E-state index contributed by atoms with van der Waals surface area (Å²) in [5, 5.41) is 11.2. The molecule has 22 heavy (non-hydrogen) atoms. The molecule has 0 spiro atoms. The van der Waals surface area contributed by atoms with E-state index in [-0.39, 0.29) is 5.91 Å². The van der Waals surface area contributed by atoms with E-state index in [0.29, 0.717) is 38.5 Å². The number of ether oxygens (including phenoxy) is 1. The van der Waals surface area contributed by atoms with E-state index in [9.17, 15) is 9.59 Å². The molecule has 1 atom stereocenters. The van der Waals surface area contributed by atoms with Crippen LogP contribution in [0.1, 0.15) is 37.7 Å². The number of nitrogens with zero attached hydrogens (tertiary/aromatic N) is 1. The van der Waals surface area contributed by atoms with E-state index < -0.39 is 12.0 Å². The Balaban J connectivity index is 2.41. The lowest BCUT2D eigenvalue weighted by molar-refractivity contribution is -0.145. The van der Waals surface area contributed by atoms with Crippen molar-refractivity contribution in [1.29, 1.82) is 5.26 Å². The van der Waals surface area contributed by atoms with Crippen molar-refractivity contribution < 1.29 is 14.3 Å². The van der Waals surface area contributed by atoms with Gasteiger partial charge in [-0.25, -0.2) is 4.79 Å². The number of amides is 1. The summed E-state index contributed by atoms with van der Waals surface area (Å²) in [5.41, 5.74) is 1.08. The van der Waals surface area contributed by atoms with Crippen molar-refractivity contribution in [2.45, 2.75) is 44.6 Å². The van der Waals surface area contributed by atoms with Crippen LogP contribution in [0, 0.1) is 11.3 Å². The Kier molecular flexibility index (Phi) is 8.36. The predicted octanol–water partition coefficient (Wildman–Crippen LogP) is 2.36. The van der Waals surface area contributed by atoms with Crippen LogP contribution in [-0.2, 0) is 20.7 Å². The Labute approximate surface area is 131 Å². The molecule has 0 aliphatic heterocycles. The van der Waals surface area contributed by atoms with Crippen LogP contribution in [0.4, 0.5) is 0 Å². The highest BCUT2D eigenvalue weighted by Gasteiger charge is 2.20. The lowest BCUT2D eigenvalue weighted by Gasteiger charge is -2.16. The molecule has 5 nitrogen and oxygen atoms in total. The molecule has 1 aromatic rings. The summed E-state index contributed by atoms with van der Waals surface area (Å²) in [4.78, 5) is 23.6. The second kappa shape index (κ2) is 10.4. The van der Waals surface area contributed by atoms with Crippen molar-refractivity contribution in [3.05, 3.63) is 35.9 Å². The van der Waals surface area contributed by atoms with Gasteiger partial charge >= 0.3 is 5.97 Å². The van der Waals surface area contributed by atoms with Crippen molar-refractivity contribution in [2.24, 2.45) is 0 Å². The number of hydrogen-bond acceptors (Lipinski definition) is 4. The largest absolute Gasteiger partial charge is 0.467 e. The van der Waals surface area contributed by atoms with Crippen LogP contribution in [0.5, 0.6) is 0 Å². The minimum atomic E-state index is -0.632. The number of methoxy groups -OCH3 is 1. The van der Waals surface area contributed by atoms with Gasteiger partial charge in [0.25, 0.3) is 0 Å². The zero-order valence-electron chi connectivity index (χ0n) is 12.9. The van der Waals surface area contributed by atoms with Crippen LogP contribution in [0.3, 0.4) is 0 Å². The fourth-order valence-electron chi connectivity index (χ4n) is 2.11. The van der Waals surface area contributed by atoms with Crippen LogP contribution in [0.25, 0.3) is 0 Å². The van der Waals surface area contributed by atoms with Gasteiger partial charge in [-0.2, -0.15) is 5.26 Å². The molecule has 0 heterocycles. The Hall–Kier alpha value is -2.35. The Bertz CT molecular complexity index is 508. The molecule has 0 aromatic heterocycles. The fraction of sp³-hybridized carbons (Fsp3) is 0.471. The molecule has 118 valence electrons. The van der Waals surface area contributed by atoms with Gasteiger partial charge < -0.3 is 10.1 Å². The number of nitriles is 1. The van der Waals surface area contributed by atoms with E-state index in [0.717, 1.165) is 5.56 Å². The zero-order valence-corrected chi connectivity index (χ0v) is 12.9. The lowest BCUT2D eigenvalue weighted by Crippen LogP contribution is -2.41. The number of nitrogens with one attached hydrogen (secondary N) is 1. The minimum absolute atomic E-state index is 0.167. The van der Waals surface area contributed by atoms with Crippen molar-refractivity contribution in [3.63, 3.8) is 0 Å². The van der Waals surface area contributed by atoms with Gasteiger partial charge in [0.1, 0.15) is 6.04 Å². The van der Waals surface area contributed by atoms with Gasteiger partial charge in [-0.15, -0.1) is 0 Å². The SMILES string of the molecule is COC(=O)[C@H](CCCCC#N)NC(=O)CCc1ccccc1. The molecule has 0 aliphatic carbocycles. The number of esters is 1. The van der Waals surface area contributed by atoms with Gasteiger partial charge in [0.05, 0.1) is 13.2 Å². The van der Waals surface area contributed by atoms with Crippen molar-refractivity contribution in [2.75, 3.05) is 7.11 Å². The van der Waals surface area contributed by atoms with Crippen LogP contribution in [-0.4, -0.2) is 25.0 Å². The fourth-order valence-corrected chi connectivity index (χ4v) is 2.11. The topological polar surface area (TPSA) is 79.2 Å². The molecule has 0 fully saturated rings. The van der Waals surface area contributed by atoms with Gasteiger partial charge in [0, 0.05) is 12.8 Å². The van der Waals surface area contributed by atoms with Gasteiger partial charge in [-0.05, 0) is 31.2 Å². The van der Waals surface area contributed by atoms with E-state index >= 15 is 0 Å². The average Bonchev–Trinajstić information content (AvgIpc) is 2.56. The monoisotopic (exact) mass is 302 g/mol. The van der Waals surface area contributed by atoms with Crippen LogP contribution < -0.4 is 5.32 Å². The Morgan fingerprint density at radius 3 is 2.64 bits per heavy atom. The maximum absolute atomic E-state index is 12.0. The Morgan fingerprint density at radius 2 is 2.00 bits per heavy atom. The number of rotatable bonds is 9. The standard InChI is InChI=1S/C17H22N2O3/c1-22-17(21)15(10-6-3-7-13-18)19-16(20)12-11-14-8-4-2-5-9-14/h2,4-5,8-9,15H,3,6-7,10-12H2,1H3,(H,19,20)/t15-/m0/s1. The summed E-state index contributed by atoms with van der Waals surface area (Å²) >= 11 is 0. The average molecular weight is 302 g/mol. The van der Waals surface area contributed by atoms with Crippen LogP contribution >= 0.6 is 0 Å². The van der Waals surface area contributed by atoms with Gasteiger partial charge in [-0.1, -0.05) is 30.3 Å². The smallest absolute Gasteiger partial charge is 0.328 e. The molecule has 1 aromatic carbocycles. The molecule has 0 saturated carbocycles. The van der Waals surface area contributed by atoms with Crippen molar-refractivity contribution in [1.82, 2.24) is 5.32 Å². The third-order valence-corrected chi connectivity index (χ3v) is 3.34. The molecule has 1 N–H and O–H groups in total. The van der Waals surface area contributed by atoms with E-state index in [4.69, 9.17) is 10.00 Å². The molecule has 0 radical (unpaired) electrons. The zero-order chi connectivity index (χ0) is 16.2. The lowest BCUT2D eigenvalue weighted by atomic mass is 10.1. The first-order chi connectivity index (χ1) is 10.7. The van der Waals surface area contributed by atoms with E-state index in [1.807, 2.05) is 30.3 Å². The molecule has 0 saturated heterocycles. The summed E-state index contributed by atoms with van der Waals surface area (Å²) in [6.07, 6.45) is 3.32. The first kappa shape index (κ1) is 17.7. The van der Waals surface area contributed by atoms with Crippen molar-refractivity contribution >= 4 is 11.9 Å². The Morgan fingerprint density at radius 1 is 1.27 bits per heavy atom. The number of carbonyl (C=O) groups is 2. The summed E-state index contributed by atoms with van der Waals surface area (Å²) in [7, 11) is 1.31. The number of unbranched alkanes of at least 4 members (excludes halogenated alkanes) is 2. The second-order valence-corrected chi connectivity index (χ2v) is 5.03. The highest BCUT2D eigenvalue weighted by molar-refractivity contribution is 5.84. The minimum Gasteiger partial charge on any atom is -0.467 e. The van der Waals surface area contributed by atoms with E-state index in [1.165, 1.54) is 7.11 Å². The van der Waals surface area contributed by atoms with Gasteiger partial charge in [0.15, 0.2) is 0 Å².